The predicted octanol–water partition coefficient (Wildman–Crippen LogP) is 1.29. The van der Waals surface area contributed by atoms with Gasteiger partial charge in [-0.05, 0) is 39.3 Å². The summed E-state index contributed by atoms with van der Waals surface area (Å²) in [7, 11) is 0. The van der Waals surface area contributed by atoms with Crippen molar-refractivity contribution in [3.05, 3.63) is 12.7 Å². The second-order valence-electron chi connectivity index (χ2n) is 3.85. The number of hydrogen-bond donors (Lipinski definition) is 2. The number of allylic oxidation sites excluding steroid dienone is 1. The SMILES string of the molecule is C=CCCCNC1(C)CCNC1. The maximum absolute atomic E-state index is 3.71. The Morgan fingerprint density at radius 3 is 3.08 bits per heavy atom. The lowest BCUT2D eigenvalue weighted by atomic mass is 10.0. The third-order valence-electron chi connectivity index (χ3n) is 2.51. The fourth-order valence-corrected chi connectivity index (χ4v) is 1.60. The summed E-state index contributed by atoms with van der Waals surface area (Å²) in [5.74, 6) is 0. The summed E-state index contributed by atoms with van der Waals surface area (Å²) in [6.07, 6.45) is 5.56. The molecule has 12 heavy (non-hydrogen) atoms. The van der Waals surface area contributed by atoms with Crippen LogP contribution >= 0.6 is 0 Å². The molecule has 1 rings (SSSR count). The van der Waals surface area contributed by atoms with Crippen LogP contribution in [-0.4, -0.2) is 25.2 Å². The molecule has 0 bridgehead atoms. The zero-order valence-electron chi connectivity index (χ0n) is 8.03. The van der Waals surface area contributed by atoms with Crippen LogP contribution in [0.4, 0.5) is 0 Å². The van der Waals surface area contributed by atoms with Gasteiger partial charge in [-0.1, -0.05) is 6.08 Å². The lowest BCUT2D eigenvalue weighted by Crippen LogP contribution is -2.44. The molecule has 70 valence electrons. The van der Waals surface area contributed by atoms with Crippen molar-refractivity contribution >= 4 is 0 Å². The number of hydrogen-bond acceptors (Lipinski definition) is 2. The minimum atomic E-state index is 0.348. The summed E-state index contributed by atoms with van der Waals surface area (Å²) in [5.41, 5.74) is 0.348. The van der Waals surface area contributed by atoms with Crippen molar-refractivity contribution in [2.24, 2.45) is 0 Å². The van der Waals surface area contributed by atoms with Gasteiger partial charge in [0.15, 0.2) is 0 Å². The molecule has 1 aliphatic rings. The van der Waals surface area contributed by atoms with Crippen molar-refractivity contribution in [2.45, 2.75) is 31.7 Å². The van der Waals surface area contributed by atoms with E-state index in [1.165, 1.54) is 12.8 Å². The molecule has 1 fully saturated rings. The van der Waals surface area contributed by atoms with E-state index in [-0.39, 0.29) is 0 Å². The molecule has 2 N–H and O–H groups in total. The zero-order chi connectivity index (χ0) is 8.86. The molecule has 1 saturated heterocycles. The number of unbranched alkanes of at least 4 members (excludes halogenated alkanes) is 1. The molecule has 0 saturated carbocycles. The molecule has 0 aromatic rings. The van der Waals surface area contributed by atoms with Gasteiger partial charge in [0.25, 0.3) is 0 Å². The lowest BCUT2D eigenvalue weighted by molar-refractivity contribution is 0.386. The summed E-state index contributed by atoms with van der Waals surface area (Å²) in [5, 5.41) is 6.95. The zero-order valence-corrected chi connectivity index (χ0v) is 8.03. The van der Waals surface area contributed by atoms with Crippen molar-refractivity contribution < 1.29 is 0 Å². The van der Waals surface area contributed by atoms with Gasteiger partial charge in [-0.2, -0.15) is 0 Å². The third kappa shape index (κ3) is 2.95. The summed E-state index contributed by atoms with van der Waals surface area (Å²) in [4.78, 5) is 0. The van der Waals surface area contributed by atoms with E-state index in [0.29, 0.717) is 5.54 Å². The first-order valence-corrected chi connectivity index (χ1v) is 4.83. The van der Waals surface area contributed by atoms with Crippen molar-refractivity contribution in [2.75, 3.05) is 19.6 Å². The van der Waals surface area contributed by atoms with Gasteiger partial charge in [-0.25, -0.2) is 0 Å². The van der Waals surface area contributed by atoms with Crippen molar-refractivity contribution in [3.63, 3.8) is 0 Å². The molecule has 0 aromatic carbocycles. The first kappa shape index (κ1) is 9.75. The molecule has 0 aromatic heterocycles. The standard InChI is InChI=1S/C10H20N2/c1-3-4-5-7-12-10(2)6-8-11-9-10/h3,11-12H,1,4-9H2,2H3. The van der Waals surface area contributed by atoms with Crippen LogP contribution in [0, 0.1) is 0 Å². The van der Waals surface area contributed by atoms with E-state index < -0.39 is 0 Å². The van der Waals surface area contributed by atoms with E-state index in [1.807, 2.05) is 6.08 Å². The van der Waals surface area contributed by atoms with Crippen LogP contribution in [0.1, 0.15) is 26.2 Å². The van der Waals surface area contributed by atoms with Crippen LogP contribution in [0.5, 0.6) is 0 Å². The van der Waals surface area contributed by atoms with E-state index >= 15 is 0 Å². The van der Waals surface area contributed by atoms with E-state index in [9.17, 15) is 0 Å². The molecular formula is C10H20N2. The van der Waals surface area contributed by atoms with Gasteiger partial charge in [0.2, 0.25) is 0 Å². The Morgan fingerprint density at radius 2 is 2.50 bits per heavy atom. The maximum atomic E-state index is 3.71. The van der Waals surface area contributed by atoms with E-state index in [4.69, 9.17) is 0 Å². The third-order valence-corrected chi connectivity index (χ3v) is 2.51. The summed E-state index contributed by atoms with van der Waals surface area (Å²) in [6.45, 7) is 9.38. The molecule has 0 spiro atoms. The van der Waals surface area contributed by atoms with Gasteiger partial charge in [-0.3, -0.25) is 0 Å². The van der Waals surface area contributed by atoms with E-state index in [2.05, 4.69) is 24.1 Å². The Kier molecular flexibility index (Phi) is 3.76. The quantitative estimate of drug-likeness (QED) is 0.477. The highest BCUT2D eigenvalue weighted by atomic mass is 15.1. The molecule has 1 atom stereocenters. The van der Waals surface area contributed by atoms with Crippen LogP contribution in [0.15, 0.2) is 12.7 Å². The second-order valence-corrected chi connectivity index (χ2v) is 3.85. The fourth-order valence-electron chi connectivity index (χ4n) is 1.60. The molecule has 2 nitrogen and oxygen atoms in total. The smallest absolute Gasteiger partial charge is 0.0289 e. The summed E-state index contributed by atoms with van der Waals surface area (Å²) in [6, 6.07) is 0. The van der Waals surface area contributed by atoms with Gasteiger partial charge in [0.1, 0.15) is 0 Å². The molecule has 0 amide bonds. The topological polar surface area (TPSA) is 24.1 Å². The minimum Gasteiger partial charge on any atom is -0.315 e. The average Bonchev–Trinajstić information content (AvgIpc) is 2.47. The van der Waals surface area contributed by atoms with Crippen molar-refractivity contribution in [1.82, 2.24) is 10.6 Å². The van der Waals surface area contributed by atoms with Gasteiger partial charge >= 0.3 is 0 Å². The summed E-state index contributed by atoms with van der Waals surface area (Å²) >= 11 is 0. The van der Waals surface area contributed by atoms with Crippen LogP contribution < -0.4 is 10.6 Å². The second kappa shape index (κ2) is 4.63. The van der Waals surface area contributed by atoms with Gasteiger partial charge in [0.05, 0.1) is 0 Å². The van der Waals surface area contributed by atoms with Crippen LogP contribution in [-0.2, 0) is 0 Å². The monoisotopic (exact) mass is 168 g/mol. The van der Waals surface area contributed by atoms with Gasteiger partial charge in [-0.15, -0.1) is 6.58 Å². The average molecular weight is 168 g/mol. The maximum Gasteiger partial charge on any atom is 0.0289 e. The molecule has 0 radical (unpaired) electrons. The first-order chi connectivity index (χ1) is 5.77. The Bertz CT molecular complexity index is 137. The highest BCUT2D eigenvalue weighted by Crippen LogP contribution is 2.12. The molecule has 2 heteroatoms. The van der Waals surface area contributed by atoms with Gasteiger partial charge < -0.3 is 10.6 Å². The molecule has 1 unspecified atom stereocenters. The Morgan fingerprint density at radius 1 is 1.67 bits per heavy atom. The number of nitrogens with one attached hydrogen (secondary N) is 2. The normalized spacial score (nSPS) is 29.1. The highest BCUT2D eigenvalue weighted by molar-refractivity contribution is 4.91. The molecule has 1 heterocycles. The molecule has 0 aliphatic carbocycles. The molecule has 1 aliphatic heterocycles. The van der Waals surface area contributed by atoms with Gasteiger partial charge in [0, 0.05) is 12.1 Å². The van der Waals surface area contributed by atoms with E-state index in [1.54, 1.807) is 0 Å². The van der Waals surface area contributed by atoms with E-state index in [0.717, 1.165) is 26.1 Å². The molecular weight excluding hydrogens is 148 g/mol. The van der Waals surface area contributed by atoms with Crippen LogP contribution in [0.25, 0.3) is 0 Å². The summed E-state index contributed by atoms with van der Waals surface area (Å²) < 4.78 is 0. The fraction of sp³-hybridized carbons (Fsp3) is 0.800. The highest BCUT2D eigenvalue weighted by Gasteiger charge is 2.26. The van der Waals surface area contributed by atoms with Crippen molar-refractivity contribution in [3.8, 4) is 0 Å². The Labute approximate surface area is 75.4 Å². The Hall–Kier alpha value is -0.340. The van der Waals surface area contributed by atoms with Crippen molar-refractivity contribution in [1.29, 1.82) is 0 Å². The van der Waals surface area contributed by atoms with Crippen LogP contribution in [0.3, 0.4) is 0 Å². The Balaban J connectivity index is 2.08. The number of rotatable bonds is 5. The van der Waals surface area contributed by atoms with Crippen LogP contribution in [0.2, 0.25) is 0 Å². The lowest BCUT2D eigenvalue weighted by Gasteiger charge is -2.24. The largest absolute Gasteiger partial charge is 0.315 e. The minimum absolute atomic E-state index is 0.348. The first-order valence-electron chi connectivity index (χ1n) is 4.83. The predicted molar refractivity (Wildman–Crippen MR) is 53.3 cm³/mol.